The number of rotatable bonds is 8. The van der Waals surface area contributed by atoms with E-state index in [4.69, 9.17) is 16.3 Å². The molecule has 1 aromatic carbocycles. The summed E-state index contributed by atoms with van der Waals surface area (Å²) in [6.45, 7) is 5.54. The number of alkyl halides is 1. The van der Waals surface area contributed by atoms with Gasteiger partial charge in [0.15, 0.2) is 0 Å². The van der Waals surface area contributed by atoms with E-state index in [2.05, 4.69) is 36.5 Å². The molecule has 0 saturated carbocycles. The first-order valence-electron chi connectivity index (χ1n) is 5.79. The molecule has 0 spiro atoms. The van der Waals surface area contributed by atoms with Crippen molar-refractivity contribution in [3.05, 3.63) is 35.4 Å². The molecule has 0 saturated heterocycles. The lowest BCUT2D eigenvalue weighted by Gasteiger charge is -2.06. The van der Waals surface area contributed by atoms with Gasteiger partial charge in [0.1, 0.15) is 0 Å². The van der Waals surface area contributed by atoms with E-state index in [0.29, 0.717) is 5.88 Å². The maximum atomic E-state index is 5.72. The van der Waals surface area contributed by atoms with Gasteiger partial charge >= 0.3 is 0 Å². The van der Waals surface area contributed by atoms with E-state index in [0.717, 1.165) is 38.3 Å². The van der Waals surface area contributed by atoms with E-state index in [1.165, 1.54) is 5.56 Å². The highest BCUT2D eigenvalue weighted by atomic mass is 35.5. The van der Waals surface area contributed by atoms with Crippen LogP contribution in [-0.2, 0) is 17.2 Å². The molecular weight excluding hydrogens is 222 g/mol. The van der Waals surface area contributed by atoms with Gasteiger partial charge in [-0.1, -0.05) is 31.2 Å². The minimum atomic E-state index is 0.582. The summed E-state index contributed by atoms with van der Waals surface area (Å²) in [7, 11) is 0. The Bertz CT molecular complexity index is 274. The van der Waals surface area contributed by atoms with Crippen molar-refractivity contribution in [3.63, 3.8) is 0 Å². The normalized spacial score (nSPS) is 10.6. The van der Waals surface area contributed by atoms with E-state index in [1.807, 2.05) is 0 Å². The molecule has 0 aliphatic carbocycles. The molecule has 0 heterocycles. The minimum absolute atomic E-state index is 0.582. The standard InChI is InChI=1S/C13H20ClNO/c1-2-8-16-9-7-15-11-13-5-3-12(10-14)4-6-13/h3-6,15H,2,7-11H2,1H3. The molecule has 1 rings (SSSR count). The summed E-state index contributed by atoms with van der Waals surface area (Å²) >= 11 is 5.72. The van der Waals surface area contributed by atoms with Crippen molar-refractivity contribution < 1.29 is 4.74 Å². The van der Waals surface area contributed by atoms with Crippen LogP contribution in [0.1, 0.15) is 24.5 Å². The summed E-state index contributed by atoms with van der Waals surface area (Å²) in [6.07, 6.45) is 1.08. The van der Waals surface area contributed by atoms with Crippen LogP contribution >= 0.6 is 11.6 Å². The number of benzene rings is 1. The molecule has 0 atom stereocenters. The fourth-order valence-corrected chi connectivity index (χ4v) is 1.55. The third kappa shape index (κ3) is 5.50. The zero-order valence-corrected chi connectivity index (χ0v) is 10.6. The highest BCUT2D eigenvalue weighted by molar-refractivity contribution is 6.17. The second kappa shape index (κ2) is 8.57. The minimum Gasteiger partial charge on any atom is -0.380 e. The fraction of sp³-hybridized carbons (Fsp3) is 0.538. The van der Waals surface area contributed by atoms with E-state index in [9.17, 15) is 0 Å². The maximum Gasteiger partial charge on any atom is 0.0591 e. The molecule has 0 aliphatic rings. The lowest BCUT2D eigenvalue weighted by atomic mass is 10.1. The third-order valence-corrected chi connectivity index (χ3v) is 2.59. The second-order valence-corrected chi connectivity index (χ2v) is 4.01. The molecule has 0 aliphatic heterocycles. The van der Waals surface area contributed by atoms with Gasteiger partial charge in [-0.3, -0.25) is 0 Å². The van der Waals surface area contributed by atoms with Crippen molar-refractivity contribution in [1.29, 1.82) is 0 Å². The number of hydrogen-bond donors (Lipinski definition) is 1. The molecule has 16 heavy (non-hydrogen) atoms. The van der Waals surface area contributed by atoms with Crippen molar-refractivity contribution in [1.82, 2.24) is 5.32 Å². The molecule has 0 amide bonds. The van der Waals surface area contributed by atoms with Gasteiger partial charge < -0.3 is 10.1 Å². The van der Waals surface area contributed by atoms with Gasteiger partial charge in [-0.05, 0) is 17.5 Å². The smallest absolute Gasteiger partial charge is 0.0591 e. The average molecular weight is 242 g/mol. The fourth-order valence-electron chi connectivity index (χ4n) is 1.37. The predicted octanol–water partition coefficient (Wildman–Crippen LogP) is 2.94. The van der Waals surface area contributed by atoms with Crippen LogP contribution in [0.2, 0.25) is 0 Å². The summed E-state index contributed by atoms with van der Waals surface area (Å²) in [5.74, 6) is 0.582. The highest BCUT2D eigenvalue weighted by Gasteiger charge is 1.93. The van der Waals surface area contributed by atoms with E-state index in [1.54, 1.807) is 0 Å². The topological polar surface area (TPSA) is 21.3 Å². The van der Waals surface area contributed by atoms with Gasteiger partial charge in [0, 0.05) is 25.6 Å². The molecule has 2 nitrogen and oxygen atoms in total. The summed E-state index contributed by atoms with van der Waals surface area (Å²) in [5.41, 5.74) is 2.45. The number of halogens is 1. The van der Waals surface area contributed by atoms with E-state index >= 15 is 0 Å². The Balaban J connectivity index is 2.12. The van der Waals surface area contributed by atoms with Crippen LogP contribution in [0.15, 0.2) is 24.3 Å². The van der Waals surface area contributed by atoms with Crippen LogP contribution in [0.4, 0.5) is 0 Å². The predicted molar refractivity (Wildman–Crippen MR) is 68.8 cm³/mol. The van der Waals surface area contributed by atoms with Crippen molar-refractivity contribution >= 4 is 11.6 Å². The highest BCUT2D eigenvalue weighted by Crippen LogP contribution is 2.06. The van der Waals surface area contributed by atoms with Crippen molar-refractivity contribution in [2.75, 3.05) is 19.8 Å². The largest absolute Gasteiger partial charge is 0.380 e. The first-order chi connectivity index (χ1) is 7.86. The van der Waals surface area contributed by atoms with Crippen LogP contribution in [-0.4, -0.2) is 19.8 Å². The van der Waals surface area contributed by atoms with Gasteiger partial charge in [-0.2, -0.15) is 0 Å². The summed E-state index contributed by atoms with van der Waals surface area (Å²) < 4.78 is 5.38. The molecule has 1 aromatic rings. The lowest BCUT2D eigenvalue weighted by Crippen LogP contribution is -2.19. The molecule has 3 heteroatoms. The number of hydrogen-bond acceptors (Lipinski definition) is 2. The molecule has 0 bridgehead atoms. The third-order valence-electron chi connectivity index (χ3n) is 2.28. The van der Waals surface area contributed by atoms with Crippen LogP contribution in [0.5, 0.6) is 0 Å². The van der Waals surface area contributed by atoms with Gasteiger partial charge in [-0.15, -0.1) is 11.6 Å². The first-order valence-corrected chi connectivity index (χ1v) is 6.32. The number of nitrogens with one attached hydrogen (secondary N) is 1. The Morgan fingerprint density at radius 3 is 2.44 bits per heavy atom. The molecule has 0 radical (unpaired) electrons. The Hall–Kier alpha value is -0.570. The molecule has 0 unspecified atom stereocenters. The molecule has 90 valence electrons. The van der Waals surface area contributed by atoms with E-state index in [-0.39, 0.29) is 0 Å². The Kier molecular flexibility index (Phi) is 7.23. The Labute approximate surface area is 103 Å². The van der Waals surface area contributed by atoms with Crippen LogP contribution < -0.4 is 5.32 Å². The first kappa shape index (κ1) is 13.5. The average Bonchev–Trinajstić information content (AvgIpc) is 2.34. The zero-order chi connectivity index (χ0) is 11.6. The lowest BCUT2D eigenvalue weighted by molar-refractivity contribution is 0.136. The Morgan fingerprint density at radius 1 is 1.12 bits per heavy atom. The monoisotopic (exact) mass is 241 g/mol. The summed E-state index contributed by atoms with van der Waals surface area (Å²) in [5, 5.41) is 3.34. The second-order valence-electron chi connectivity index (χ2n) is 3.74. The Morgan fingerprint density at radius 2 is 1.81 bits per heavy atom. The summed E-state index contributed by atoms with van der Waals surface area (Å²) in [6, 6.07) is 8.35. The molecule has 1 N–H and O–H groups in total. The zero-order valence-electron chi connectivity index (χ0n) is 9.84. The van der Waals surface area contributed by atoms with Gasteiger partial charge in [0.05, 0.1) is 6.61 Å². The van der Waals surface area contributed by atoms with Crippen LogP contribution in [0.3, 0.4) is 0 Å². The van der Waals surface area contributed by atoms with E-state index < -0.39 is 0 Å². The van der Waals surface area contributed by atoms with Crippen molar-refractivity contribution in [3.8, 4) is 0 Å². The molecule has 0 fully saturated rings. The SMILES string of the molecule is CCCOCCNCc1ccc(CCl)cc1. The van der Waals surface area contributed by atoms with Gasteiger partial charge in [0.2, 0.25) is 0 Å². The van der Waals surface area contributed by atoms with Crippen molar-refractivity contribution in [2.24, 2.45) is 0 Å². The number of ether oxygens (including phenoxy) is 1. The quantitative estimate of drug-likeness (QED) is 0.558. The maximum absolute atomic E-state index is 5.72. The molecule has 0 aromatic heterocycles. The van der Waals surface area contributed by atoms with Crippen LogP contribution in [0.25, 0.3) is 0 Å². The molecular formula is C13H20ClNO. The summed E-state index contributed by atoms with van der Waals surface area (Å²) in [4.78, 5) is 0. The van der Waals surface area contributed by atoms with Crippen LogP contribution in [0, 0.1) is 0 Å². The van der Waals surface area contributed by atoms with Gasteiger partial charge in [-0.25, -0.2) is 0 Å². The van der Waals surface area contributed by atoms with Gasteiger partial charge in [0.25, 0.3) is 0 Å². The van der Waals surface area contributed by atoms with Crippen molar-refractivity contribution in [2.45, 2.75) is 25.8 Å².